The van der Waals surface area contributed by atoms with E-state index in [-0.39, 0.29) is 17.1 Å². The molecule has 6 radical (unpaired) electrons. The maximum absolute atomic E-state index is 7.50. The zero-order chi connectivity index (χ0) is 12.6. The third kappa shape index (κ3) is 18.1. The summed E-state index contributed by atoms with van der Waals surface area (Å²) < 4.78 is 15.0. The summed E-state index contributed by atoms with van der Waals surface area (Å²) in [6, 6.07) is 9.79. The van der Waals surface area contributed by atoms with Crippen LogP contribution in [0.15, 0.2) is 35.2 Å². The number of benzene rings is 1. The molecule has 2 nitrogen and oxygen atoms in total. The zero-order valence-electron chi connectivity index (χ0n) is 8.92. The molecule has 1 fully saturated rings. The number of thiol groups is 1. The third-order valence-electron chi connectivity index (χ3n) is 1.31. The molecule has 1 aliphatic rings. The van der Waals surface area contributed by atoms with Crippen molar-refractivity contribution in [2.45, 2.75) is 4.90 Å². The van der Waals surface area contributed by atoms with Crippen molar-refractivity contribution in [2.24, 2.45) is 0 Å². The van der Waals surface area contributed by atoms with Gasteiger partial charge in [-0.15, -0.1) is 12.6 Å². The van der Waals surface area contributed by atoms with E-state index < -0.39 is 0 Å². The monoisotopic (exact) mass is 286 g/mol. The van der Waals surface area contributed by atoms with Crippen LogP contribution in [0.2, 0.25) is 0 Å². The molecule has 0 aliphatic heterocycles. The zero-order valence-corrected chi connectivity index (χ0v) is 11.0. The van der Waals surface area contributed by atoms with Gasteiger partial charge in [-0.1, -0.05) is 18.2 Å². The van der Waals surface area contributed by atoms with Crippen LogP contribution in [0.3, 0.4) is 0 Å². The molecule has 17 heavy (non-hydrogen) atoms. The first-order chi connectivity index (χ1) is 7.89. The van der Waals surface area contributed by atoms with E-state index in [0.29, 0.717) is 0 Å². The fourth-order valence-electron chi connectivity index (χ4n) is 0.749. The molecule has 4 heteroatoms. The van der Waals surface area contributed by atoms with E-state index in [1.54, 1.807) is 0 Å². The summed E-state index contributed by atoms with van der Waals surface area (Å²) in [5, 5.41) is 0. The topological polar surface area (TPSA) is 39.8 Å². The average Bonchev–Trinajstić information content (AvgIpc) is 2.94. The van der Waals surface area contributed by atoms with Crippen LogP contribution >= 0.6 is 12.6 Å². The van der Waals surface area contributed by atoms with Crippen LogP contribution in [0, 0.1) is 45.4 Å². The minimum atomic E-state index is 0. The summed E-state index contributed by atoms with van der Waals surface area (Å²) in [4.78, 5) is 1.02. The van der Waals surface area contributed by atoms with Gasteiger partial charge < -0.3 is 0 Å². The molecule has 88 valence electrons. The van der Waals surface area contributed by atoms with Crippen LogP contribution in [-0.2, 0) is 26.4 Å². The van der Waals surface area contributed by atoms with Crippen LogP contribution in [0.25, 0.3) is 0 Å². The second kappa shape index (κ2) is 20.9. The minimum Gasteiger partial charge on any atom is -0.0312 e. The van der Waals surface area contributed by atoms with E-state index in [4.69, 9.17) is 9.30 Å². The van der Waals surface area contributed by atoms with Gasteiger partial charge in [-0.25, -0.2) is 0 Å². The van der Waals surface area contributed by atoms with Crippen LogP contribution in [0.1, 0.15) is 0 Å². The predicted octanol–water partition coefficient (Wildman–Crippen LogP) is 2.92. The van der Waals surface area contributed by atoms with Crippen LogP contribution < -0.4 is 0 Å². The van der Waals surface area contributed by atoms with Crippen molar-refractivity contribution < 1.29 is 26.4 Å². The van der Waals surface area contributed by atoms with Gasteiger partial charge in [0.05, 0.1) is 0 Å². The molecule has 0 unspecified atom stereocenters. The van der Waals surface area contributed by atoms with Gasteiger partial charge >= 0.3 is 22.6 Å². The van der Waals surface area contributed by atoms with Gasteiger partial charge in [0.15, 0.2) is 0 Å². The van der Waals surface area contributed by atoms with Crippen molar-refractivity contribution in [3.8, 4) is 0 Å². The molecule has 0 spiro atoms. The fraction of sp³-hybridized carbons (Fsp3) is 0. The van der Waals surface area contributed by atoms with E-state index >= 15 is 0 Å². The Morgan fingerprint density at radius 2 is 1.00 bits per heavy atom. The quantitative estimate of drug-likeness (QED) is 0.330. The van der Waals surface area contributed by atoms with E-state index in [1.807, 2.05) is 62.4 Å². The van der Waals surface area contributed by atoms with E-state index in [1.165, 1.54) is 0 Å². The number of hydrogen-bond donors (Lipinski definition) is 1. The molecular weight excluding hydrogens is 275 g/mol. The molecule has 0 amide bonds. The van der Waals surface area contributed by atoms with Crippen molar-refractivity contribution in [1.82, 2.24) is 0 Å². The smallest absolute Gasteiger partial charge is 0 e. The Bertz CT molecular complexity index is 255. The summed E-state index contributed by atoms with van der Waals surface area (Å²) in [7, 11) is 0. The normalized spacial score (nSPS) is 10.9. The minimum absolute atomic E-state index is 0. The standard InChI is InChI=1S/C6H6S.C5H5.2CO.Mn/c7-6-4-2-1-3-5-6;1-2-4-5-3-1;2*1-2;/h1-5,7H;1-5H;;;. The summed E-state index contributed by atoms with van der Waals surface area (Å²) in [5.41, 5.74) is 0. The van der Waals surface area contributed by atoms with Crippen LogP contribution in [0.4, 0.5) is 0 Å². The molecule has 1 aromatic rings. The Kier molecular flexibility index (Phi) is 26.8. The van der Waals surface area contributed by atoms with Gasteiger partial charge in [0.1, 0.15) is 0 Å². The first kappa shape index (κ1) is 21.8. The second-order valence-electron chi connectivity index (χ2n) is 2.30. The Morgan fingerprint density at radius 3 is 1.18 bits per heavy atom. The Labute approximate surface area is 120 Å². The summed E-state index contributed by atoms with van der Waals surface area (Å²) in [5.74, 6) is 0. The van der Waals surface area contributed by atoms with Crippen LogP contribution in [0.5, 0.6) is 0 Å². The predicted molar refractivity (Wildman–Crippen MR) is 63.1 cm³/mol. The summed E-state index contributed by atoms with van der Waals surface area (Å²) in [6.07, 6.45) is 10.0. The number of hydrogen-bond acceptors (Lipinski definition) is 1. The third-order valence-corrected chi connectivity index (χ3v) is 1.61. The maximum atomic E-state index is 7.50. The molecule has 0 aromatic heterocycles. The molecule has 0 saturated heterocycles. The van der Waals surface area contributed by atoms with Gasteiger partial charge in [0.2, 0.25) is 0 Å². The molecule has 0 N–H and O–H groups in total. The Balaban J connectivity index is -0.000000175. The van der Waals surface area contributed by atoms with Crippen molar-refractivity contribution in [3.63, 3.8) is 0 Å². The van der Waals surface area contributed by atoms with Crippen molar-refractivity contribution in [2.75, 3.05) is 0 Å². The van der Waals surface area contributed by atoms with Crippen molar-refractivity contribution in [1.29, 1.82) is 0 Å². The molecule has 2 rings (SSSR count). The first-order valence-electron chi connectivity index (χ1n) is 4.21. The van der Waals surface area contributed by atoms with Crippen LogP contribution in [-0.4, -0.2) is 0 Å². The molecule has 1 aromatic carbocycles. The molecule has 0 heterocycles. The van der Waals surface area contributed by atoms with Gasteiger partial charge in [0.25, 0.3) is 0 Å². The maximum Gasteiger partial charge on any atom is 0 e. The van der Waals surface area contributed by atoms with E-state index in [9.17, 15) is 0 Å². The largest absolute Gasteiger partial charge is 0.0312 e. The van der Waals surface area contributed by atoms with Gasteiger partial charge in [-0.2, -0.15) is 0 Å². The van der Waals surface area contributed by atoms with E-state index in [0.717, 1.165) is 4.90 Å². The Hall–Kier alpha value is -0.431. The molecular formula is C13H11MnO2S. The second-order valence-corrected chi connectivity index (χ2v) is 2.81. The number of rotatable bonds is 0. The van der Waals surface area contributed by atoms with Crippen molar-refractivity contribution >= 4 is 12.6 Å². The summed E-state index contributed by atoms with van der Waals surface area (Å²) >= 11 is 4.08. The van der Waals surface area contributed by atoms with Gasteiger partial charge in [-0.05, 0) is 44.2 Å². The first-order valence-corrected chi connectivity index (χ1v) is 4.66. The van der Waals surface area contributed by atoms with Gasteiger partial charge in [-0.3, -0.25) is 0 Å². The summed E-state index contributed by atoms with van der Waals surface area (Å²) in [6.45, 7) is 9.00. The molecule has 0 atom stereocenters. The average molecular weight is 286 g/mol. The molecule has 0 bridgehead atoms. The van der Waals surface area contributed by atoms with Crippen molar-refractivity contribution in [3.05, 3.63) is 75.7 Å². The fourth-order valence-corrected chi connectivity index (χ4v) is 0.921. The van der Waals surface area contributed by atoms with Gasteiger partial charge in [0, 0.05) is 22.0 Å². The molecule has 1 saturated carbocycles. The SMILES string of the molecule is Sc1ccccc1.[C-]#[O+].[C-]#[O+].[CH]1[CH][CH][CH][CH]1.[Mn]. The van der Waals surface area contributed by atoms with E-state index in [2.05, 4.69) is 25.9 Å². The Morgan fingerprint density at radius 1 is 0.706 bits per heavy atom. The molecule has 1 aliphatic carbocycles.